The van der Waals surface area contributed by atoms with E-state index in [0.717, 1.165) is 11.6 Å². The Bertz CT molecular complexity index is 1850. The summed E-state index contributed by atoms with van der Waals surface area (Å²) >= 11 is 11.5. The van der Waals surface area contributed by atoms with E-state index < -0.39 is 102 Å². The minimum atomic E-state index is -5.60. The van der Waals surface area contributed by atoms with E-state index in [1.165, 1.54) is 12.1 Å². The highest BCUT2D eigenvalue weighted by Crippen LogP contribution is 2.60. The predicted octanol–water partition coefficient (Wildman–Crippen LogP) is 2.51. The predicted molar refractivity (Wildman–Crippen MR) is 181 cm³/mol. The van der Waals surface area contributed by atoms with Gasteiger partial charge in [0.25, 0.3) is 0 Å². The molecule has 0 heterocycles. The van der Waals surface area contributed by atoms with Crippen LogP contribution < -0.4 is 0 Å². The van der Waals surface area contributed by atoms with Crippen LogP contribution in [0.15, 0.2) is 42.5 Å². The van der Waals surface area contributed by atoms with Gasteiger partial charge in [-0.15, -0.1) is 0 Å². The van der Waals surface area contributed by atoms with Crippen LogP contribution in [-0.2, 0) is 50.3 Å². The number of aryl methyl sites for hydroxylation is 2. The molecule has 0 fully saturated rings. The van der Waals surface area contributed by atoms with Crippen LogP contribution in [0, 0.1) is 6.92 Å². The number of aliphatic carboxylic acids is 4. The van der Waals surface area contributed by atoms with Crippen LogP contribution in [0.3, 0.4) is 0 Å². The fraction of sp³-hybridized carbons (Fsp3) is 0.385. The van der Waals surface area contributed by atoms with Gasteiger partial charge in [-0.1, -0.05) is 59.1 Å². The molecule has 0 aliphatic rings. The molecule has 4 atom stereocenters. The molecule has 0 amide bonds. The third-order valence-corrected chi connectivity index (χ3v) is 14.3. The Morgan fingerprint density at radius 1 is 0.615 bits per heavy atom. The van der Waals surface area contributed by atoms with Crippen molar-refractivity contribution in [3.05, 3.63) is 69.2 Å². The summed E-state index contributed by atoms with van der Waals surface area (Å²) in [6.45, 7) is 1.80. The van der Waals surface area contributed by atoms with Gasteiger partial charge in [-0.05, 0) is 49.4 Å². The average molecular weight is 861 g/mol. The first kappa shape index (κ1) is 47.5. The maximum absolute atomic E-state index is 11.9. The van der Waals surface area contributed by atoms with Crippen molar-refractivity contribution in [3.8, 4) is 0 Å². The van der Waals surface area contributed by atoms with Gasteiger partial charge in [0.15, 0.2) is 21.6 Å². The van der Waals surface area contributed by atoms with Crippen molar-refractivity contribution in [1.82, 2.24) is 0 Å². The average Bonchev–Trinajstić information content (AvgIpc) is 2.95. The normalized spacial score (nSPS) is 15.9. The van der Waals surface area contributed by atoms with Gasteiger partial charge in [0.2, 0.25) is 0 Å². The molecule has 52 heavy (non-hydrogen) atoms. The van der Waals surface area contributed by atoms with Crippen molar-refractivity contribution in [1.29, 1.82) is 0 Å². The number of carboxylic acid groups (broad SMARTS) is 4. The smallest absolute Gasteiger partial charge is 0.343 e. The fourth-order valence-corrected chi connectivity index (χ4v) is 9.11. The number of hydrogen-bond donors (Lipinski definition) is 12. The molecule has 4 unspecified atom stereocenters. The third kappa shape index (κ3) is 12.3. The van der Waals surface area contributed by atoms with Gasteiger partial charge in [-0.25, -0.2) is 0 Å². The van der Waals surface area contributed by atoms with Gasteiger partial charge in [0, 0.05) is 12.8 Å². The molecule has 0 bridgehead atoms. The molecule has 0 radical (unpaired) electrons. The summed E-state index contributed by atoms with van der Waals surface area (Å²) in [6, 6.07) is 10.2. The standard InChI is InChI=1S/C14H20O10P2.C12H14Cl2O10P2/c1-9-2-4-10(5-3-9)6-7-14(13(17)18,26(22,23)24)8-11(12(15)16)25(19,20)21;13-7-2-1-6(3-8(7)14)4-12(11(17)18,26(22,23)24)5-9(10(15)16)25(19,20)21/h2-5,11H,6-8H2,1H3,(H,15,16)(H,17,18)(H2,19,20,21)(H2,22,23,24);1-3,9H,4-5H2,(H,15,16)(H,17,18)(H2,19,20,21)(H2,22,23,24). The fourth-order valence-electron chi connectivity index (χ4n) is 4.70. The molecule has 0 spiro atoms. The molecular weight excluding hydrogens is 827 g/mol. The maximum atomic E-state index is 11.9. The van der Waals surface area contributed by atoms with E-state index in [1.807, 2.05) is 0 Å². The highest BCUT2D eigenvalue weighted by molar-refractivity contribution is 7.56. The van der Waals surface area contributed by atoms with Crippen LogP contribution >= 0.6 is 53.6 Å². The molecule has 2 aromatic carbocycles. The second kappa shape index (κ2) is 17.8. The van der Waals surface area contributed by atoms with Crippen LogP contribution in [0.2, 0.25) is 10.0 Å². The number of benzene rings is 2. The van der Waals surface area contributed by atoms with E-state index in [4.69, 9.17) is 53.0 Å². The summed E-state index contributed by atoms with van der Waals surface area (Å²) in [5.74, 6) is -8.26. The zero-order valence-corrected chi connectivity index (χ0v) is 31.5. The van der Waals surface area contributed by atoms with Crippen molar-refractivity contribution in [2.24, 2.45) is 0 Å². The largest absolute Gasteiger partial charge is 0.481 e. The summed E-state index contributed by atoms with van der Waals surface area (Å²) in [5, 5.41) is 30.8. The quantitative estimate of drug-likeness (QED) is 0.102. The number of carbonyl (C=O) groups is 4. The lowest BCUT2D eigenvalue weighted by molar-refractivity contribution is -0.144. The third-order valence-electron chi connectivity index (χ3n) is 7.78. The number of halogens is 2. The molecule has 0 saturated heterocycles. The Hall–Kier alpha value is -2.50. The van der Waals surface area contributed by atoms with Gasteiger partial charge in [0.05, 0.1) is 10.0 Å². The molecule has 0 saturated carbocycles. The van der Waals surface area contributed by atoms with E-state index in [2.05, 4.69) is 0 Å². The van der Waals surface area contributed by atoms with E-state index in [0.29, 0.717) is 5.56 Å². The molecule has 0 aliphatic heterocycles. The summed E-state index contributed by atoms with van der Waals surface area (Å²) in [7, 11) is -21.8. The summed E-state index contributed by atoms with van der Waals surface area (Å²) < 4.78 is 46.6. The Labute approximate surface area is 303 Å². The molecule has 26 heteroatoms. The zero-order chi connectivity index (χ0) is 40.8. The van der Waals surface area contributed by atoms with Gasteiger partial charge < -0.3 is 59.6 Å². The second-order valence-electron chi connectivity index (χ2n) is 11.5. The summed E-state index contributed by atoms with van der Waals surface area (Å²) in [4.78, 5) is 121. The SMILES string of the molecule is Cc1ccc(CCC(CC(C(=O)O)P(=O)(O)O)(C(=O)O)P(=O)(O)O)cc1.O=C(O)C(CC(Cc1ccc(Cl)c(Cl)c1)(C(=O)O)P(=O)(O)O)P(=O)(O)O. The lowest BCUT2D eigenvalue weighted by Gasteiger charge is -2.32. The number of rotatable bonds is 17. The zero-order valence-electron chi connectivity index (χ0n) is 26.4. The van der Waals surface area contributed by atoms with Crippen LogP contribution in [0.25, 0.3) is 0 Å². The van der Waals surface area contributed by atoms with Crippen molar-refractivity contribution in [2.45, 2.75) is 60.7 Å². The first-order valence-corrected chi connectivity index (χ1v) is 21.3. The topological polar surface area (TPSA) is 379 Å². The molecule has 0 aliphatic carbocycles. The first-order valence-electron chi connectivity index (χ1n) is 14.0. The first-order chi connectivity index (χ1) is 23.3. The Morgan fingerprint density at radius 3 is 1.33 bits per heavy atom. The Balaban J connectivity index is 0.000000520. The van der Waals surface area contributed by atoms with Crippen molar-refractivity contribution in [3.63, 3.8) is 0 Å². The minimum absolute atomic E-state index is 0.0278. The second-order valence-corrected chi connectivity index (χ2v) is 19.8. The van der Waals surface area contributed by atoms with Crippen molar-refractivity contribution >= 4 is 77.5 Å². The van der Waals surface area contributed by atoms with Crippen molar-refractivity contribution in [2.75, 3.05) is 0 Å². The van der Waals surface area contributed by atoms with E-state index in [1.54, 1.807) is 31.2 Å². The molecular formula is C26H34Cl2O20P4. The lowest BCUT2D eigenvalue weighted by atomic mass is 9.93. The Kier molecular flexibility index (Phi) is 16.2. The molecule has 0 aromatic heterocycles. The van der Waals surface area contributed by atoms with Crippen molar-refractivity contribution < 1.29 is 97.0 Å². The summed E-state index contributed by atoms with van der Waals surface area (Å²) in [6.07, 6.45) is -4.68. The number of hydrogen-bond acceptors (Lipinski definition) is 8. The Morgan fingerprint density at radius 2 is 1.00 bits per heavy atom. The van der Waals surface area contributed by atoms with Crippen LogP contribution in [-0.4, -0.2) is 105 Å². The highest BCUT2D eigenvalue weighted by Gasteiger charge is 2.59. The van der Waals surface area contributed by atoms with E-state index >= 15 is 0 Å². The molecule has 2 aromatic rings. The van der Waals surface area contributed by atoms with Crippen LogP contribution in [0.5, 0.6) is 0 Å². The lowest BCUT2D eigenvalue weighted by Crippen LogP contribution is -2.45. The highest BCUT2D eigenvalue weighted by atomic mass is 35.5. The van der Waals surface area contributed by atoms with Gasteiger partial charge in [0.1, 0.15) is 0 Å². The maximum Gasteiger partial charge on any atom is 0.343 e. The molecule has 292 valence electrons. The molecule has 12 N–H and O–H groups in total. The monoisotopic (exact) mass is 860 g/mol. The molecule has 2 rings (SSSR count). The van der Waals surface area contributed by atoms with Crippen LogP contribution in [0.4, 0.5) is 0 Å². The summed E-state index contributed by atoms with van der Waals surface area (Å²) in [5.41, 5.74) is -3.77. The molecule has 20 nitrogen and oxygen atoms in total. The van der Waals surface area contributed by atoms with E-state index in [9.17, 15) is 67.2 Å². The van der Waals surface area contributed by atoms with Gasteiger partial charge >= 0.3 is 54.3 Å². The van der Waals surface area contributed by atoms with Gasteiger partial charge in [-0.3, -0.25) is 37.4 Å². The minimum Gasteiger partial charge on any atom is -0.481 e. The van der Waals surface area contributed by atoms with Gasteiger partial charge in [-0.2, -0.15) is 0 Å². The van der Waals surface area contributed by atoms with E-state index in [-0.39, 0.29) is 22.0 Å². The van der Waals surface area contributed by atoms with Crippen LogP contribution in [0.1, 0.15) is 36.0 Å². The number of carboxylic acids is 4.